The minimum Gasteiger partial charge on any atom is -0.480 e. The normalized spacial score (nSPS) is 14.8. The van der Waals surface area contributed by atoms with Gasteiger partial charge in [0, 0.05) is 22.3 Å². The summed E-state index contributed by atoms with van der Waals surface area (Å²) in [6, 6.07) is 16.9. The maximum Gasteiger partial charge on any atom is 0.326 e. The first kappa shape index (κ1) is 17.5. The molecule has 1 saturated carbocycles. The molecule has 1 aliphatic rings. The Bertz CT molecular complexity index is 741. The van der Waals surface area contributed by atoms with E-state index in [0.717, 1.165) is 24.2 Å². The number of carbonyl (C=O) groups excluding carboxylic acids is 1. The van der Waals surface area contributed by atoms with Crippen molar-refractivity contribution in [3.05, 3.63) is 65.7 Å². The van der Waals surface area contributed by atoms with Gasteiger partial charge in [-0.1, -0.05) is 30.3 Å². The van der Waals surface area contributed by atoms with Gasteiger partial charge in [0.1, 0.15) is 6.04 Å². The Morgan fingerprint density at radius 1 is 1.12 bits per heavy atom. The molecule has 0 saturated heterocycles. The van der Waals surface area contributed by atoms with Gasteiger partial charge >= 0.3 is 5.97 Å². The maximum atomic E-state index is 12.7. The minimum absolute atomic E-state index is 0.0620. The highest BCUT2D eigenvalue weighted by molar-refractivity contribution is 7.98. The Balaban J connectivity index is 1.66. The van der Waals surface area contributed by atoms with Gasteiger partial charge in [-0.3, -0.25) is 4.79 Å². The zero-order valence-electron chi connectivity index (χ0n) is 14.1. The molecule has 1 aliphatic carbocycles. The van der Waals surface area contributed by atoms with Gasteiger partial charge in [-0.25, -0.2) is 4.79 Å². The second-order valence-electron chi connectivity index (χ2n) is 6.26. The highest BCUT2D eigenvalue weighted by Gasteiger charge is 2.38. The van der Waals surface area contributed by atoms with Crippen molar-refractivity contribution in [2.75, 3.05) is 0 Å². The Kier molecular flexibility index (Phi) is 5.43. The molecule has 5 heteroatoms. The molecule has 2 aromatic carbocycles. The fourth-order valence-corrected chi connectivity index (χ4v) is 3.58. The molecular weight excluding hydrogens is 334 g/mol. The van der Waals surface area contributed by atoms with Crippen molar-refractivity contribution in [3.63, 3.8) is 0 Å². The number of amides is 1. The number of benzene rings is 2. The maximum absolute atomic E-state index is 12.7. The summed E-state index contributed by atoms with van der Waals surface area (Å²) in [7, 11) is 0. The van der Waals surface area contributed by atoms with Crippen LogP contribution in [0.25, 0.3) is 0 Å². The quantitative estimate of drug-likeness (QED) is 0.761. The number of aliphatic carboxylic acids is 1. The van der Waals surface area contributed by atoms with Crippen molar-refractivity contribution in [1.29, 1.82) is 0 Å². The Hall–Kier alpha value is -2.27. The second kappa shape index (κ2) is 7.74. The van der Waals surface area contributed by atoms with Crippen LogP contribution in [0.15, 0.2) is 59.5 Å². The largest absolute Gasteiger partial charge is 0.480 e. The average molecular weight is 355 g/mol. The summed E-state index contributed by atoms with van der Waals surface area (Å²) in [6.45, 7) is 1.57. The van der Waals surface area contributed by atoms with E-state index in [-0.39, 0.29) is 11.9 Å². The number of carboxylic acid groups (broad SMARTS) is 1. The molecule has 25 heavy (non-hydrogen) atoms. The average Bonchev–Trinajstić information content (AvgIpc) is 3.46. The lowest BCUT2D eigenvalue weighted by Crippen LogP contribution is -2.44. The lowest BCUT2D eigenvalue weighted by molar-refractivity contribution is -0.141. The number of hydrogen-bond acceptors (Lipinski definition) is 3. The van der Waals surface area contributed by atoms with E-state index in [1.807, 2.05) is 30.3 Å². The fourth-order valence-electron chi connectivity index (χ4n) is 2.71. The Morgan fingerprint density at radius 3 is 2.32 bits per heavy atom. The van der Waals surface area contributed by atoms with Crippen molar-refractivity contribution in [2.24, 2.45) is 0 Å². The van der Waals surface area contributed by atoms with Crippen LogP contribution in [0.3, 0.4) is 0 Å². The third-order valence-electron chi connectivity index (χ3n) is 4.30. The van der Waals surface area contributed by atoms with E-state index in [4.69, 9.17) is 0 Å². The van der Waals surface area contributed by atoms with E-state index in [9.17, 15) is 14.7 Å². The Morgan fingerprint density at radius 2 is 1.76 bits per heavy atom. The van der Waals surface area contributed by atoms with Gasteiger partial charge in [0.15, 0.2) is 0 Å². The highest BCUT2D eigenvalue weighted by Crippen LogP contribution is 2.30. The first-order valence-electron chi connectivity index (χ1n) is 8.38. The molecule has 0 spiro atoms. The predicted octanol–water partition coefficient (Wildman–Crippen LogP) is 4.06. The van der Waals surface area contributed by atoms with Gasteiger partial charge in [-0.15, -0.1) is 11.8 Å². The van der Waals surface area contributed by atoms with Gasteiger partial charge in [0.25, 0.3) is 5.91 Å². The number of thioether (sulfide) groups is 1. The molecular formula is C20H21NO3S. The van der Waals surface area contributed by atoms with E-state index < -0.39 is 12.0 Å². The number of nitrogens with zero attached hydrogens (tertiary/aromatic N) is 1. The van der Waals surface area contributed by atoms with Gasteiger partial charge < -0.3 is 10.0 Å². The molecule has 1 N–H and O–H groups in total. The molecule has 4 nitrogen and oxygen atoms in total. The molecule has 0 aromatic heterocycles. The standard InChI is InChI=1S/C20H21NO3S/c1-14(20(23)24)21(17-11-12-17)19(22)16-9-7-15(8-10-16)13-25-18-5-3-2-4-6-18/h2-10,14,17H,11-13H2,1H3,(H,23,24). The third-order valence-corrected chi connectivity index (χ3v) is 5.38. The first-order chi connectivity index (χ1) is 12.1. The molecule has 1 unspecified atom stereocenters. The smallest absolute Gasteiger partial charge is 0.326 e. The fraction of sp³-hybridized carbons (Fsp3) is 0.300. The van der Waals surface area contributed by atoms with E-state index in [1.54, 1.807) is 30.8 Å². The van der Waals surface area contributed by atoms with E-state index in [1.165, 1.54) is 9.80 Å². The summed E-state index contributed by atoms with van der Waals surface area (Å²) in [6.07, 6.45) is 1.77. The van der Waals surface area contributed by atoms with Gasteiger partial charge in [0.2, 0.25) is 0 Å². The highest BCUT2D eigenvalue weighted by atomic mass is 32.2. The predicted molar refractivity (Wildman–Crippen MR) is 98.7 cm³/mol. The molecule has 0 radical (unpaired) electrons. The van der Waals surface area contributed by atoms with Crippen molar-refractivity contribution < 1.29 is 14.7 Å². The zero-order valence-corrected chi connectivity index (χ0v) is 14.9. The molecule has 130 valence electrons. The summed E-state index contributed by atoms with van der Waals surface area (Å²) in [5.41, 5.74) is 1.68. The molecule has 1 amide bonds. The lowest BCUT2D eigenvalue weighted by atomic mass is 10.1. The lowest BCUT2D eigenvalue weighted by Gasteiger charge is -2.26. The molecule has 0 heterocycles. The molecule has 3 rings (SSSR count). The number of carboxylic acids is 1. The van der Waals surface area contributed by atoms with Crippen LogP contribution in [0.4, 0.5) is 0 Å². The summed E-state index contributed by atoms with van der Waals surface area (Å²) in [5.74, 6) is -0.327. The zero-order chi connectivity index (χ0) is 17.8. The Labute approximate surface area is 151 Å². The van der Waals surface area contributed by atoms with Crippen molar-refractivity contribution in [1.82, 2.24) is 4.90 Å². The summed E-state index contributed by atoms with van der Waals surface area (Å²) >= 11 is 1.74. The van der Waals surface area contributed by atoms with Gasteiger partial charge in [0.05, 0.1) is 0 Å². The van der Waals surface area contributed by atoms with Crippen molar-refractivity contribution in [2.45, 2.75) is 42.5 Å². The topological polar surface area (TPSA) is 57.6 Å². The molecule has 0 bridgehead atoms. The first-order valence-corrected chi connectivity index (χ1v) is 9.37. The summed E-state index contributed by atoms with van der Waals surface area (Å²) in [5, 5.41) is 9.25. The molecule has 2 aromatic rings. The van der Waals surface area contributed by atoms with Gasteiger partial charge in [-0.05, 0) is 49.6 Å². The molecule has 1 atom stereocenters. The van der Waals surface area contributed by atoms with Crippen LogP contribution in [0.1, 0.15) is 35.7 Å². The van der Waals surface area contributed by atoms with Crippen LogP contribution in [-0.4, -0.2) is 34.0 Å². The summed E-state index contributed by atoms with van der Waals surface area (Å²) in [4.78, 5) is 26.7. The number of rotatable bonds is 7. The van der Waals surface area contributed by atoms with Crippen molar-refractivity contribution >= 4 is 23.6 Å². The third kappa shape index (κ3) is 4.42. The van der Waals surface area contributed by atoms with Crippen molar-refractivity contribution in [3.8, 4) is 0 Å². The van der Waals surface area contributed by atoms with E-state index >= 15 is 0 Å². The van der Waals surface area contributed by atoms with Crippen LogP contribution in [0.5, 0.6) is 0 Å². The minimum atomic E-state index is -0.962. The van der Waals surface area contributed by atoms with Crippen LogP contribution in [0.2, 0.25) is 0 Å². The second-order valence-corrected chi connectivity index (χ2v) is 7.31. The summed E-state index contributed by atoms with van der Waals surface area (Å²) < 4.78 is 0. The molecule has 0 aliphatic heterocycles. The van der Waals surface area contributed by atoms with Crippen LogP contribution in [-0.2, 0) is 10.5 Å². The monoisotopic (exact) mass is 355 g/mol. The van der Waals surface area contributed by atoms with E-state index in [2.05, 4.69) is 12.1 Å². The number of hydrogen-bond donors (Lipinski definition) is 1. The number of carbonyl (C=O) groups is 2. The molecule has 1 fully saturated rings. The van der Waals surface area contributed by atoms with Crippen LogP contribution in [0, 0.1) is 0 Å². The SMILES string of the molecule is CC(C(=O)O)N(C(=O)c1ccc(CSc2ccccc2)cc1)C1CC1. The van der Waals surface area contributed by atoms with Gasteiger partial charge in [-0.2, -0.15) is 0 Å². The van der Waals surface area contributed by atoms with Crippen LogP contribution < -0.4 is 0 Å². The van der Waals surface area contributed by atoms with Crippen LogP contribution >= 0.6 is 11.8 Å². The van der Waals surface area contributed by atoms with E-state index in [0.29, 0.717) is 5.56 Å².